The summed E-state index contributed by atoms with van der Waals surface area (Å²) in [7, 11) is 2.88. The summed E-state index contributed by atoms with van der Waals surface area (Å²) in [6, 6.07) is 3.09. The Hall–Kier alpha value is -1.70. The van der Waals surface area contributed by atoms with Crippen LogP contribution in [0.5, 0.6) is 11.5 Å². The summed E-state index contributed by atoms with van der Waals surface area (Å²) in [6.07, 6.45) is -3.30. The fourth-order valence-corrected chi connectivity index (χ4v) is 2.30. The minimum Gasteiger partial charge on any atom is -0.493 e. The minimum atomic E-state index is -1.33. The zero-order valence-electron chi connectivity index (χ0n) is 14.4. The van der Waals surface area contributed by atoms with Crippen molar-refractivity contribution in [2.75, 3.05) is 20.8 Å². The molecule has 0 fully saturated rings. The van der Waals surface area contributed by atoms with Gasteiger partial charge in [0.2, 0.25) is 0 Å². The van der Waals surface area contributed by atoms with Crippen LogP contribution in [0.2, 0.25) is 5.02 Å². The molecular formula is C16H24ClNO6. The number of nitrogens with one attached hydrogen (secondary N) is 1. The van der Waals surface area contributed by atoms with Crippen molar-refractivity contribution < 1.29 is 29.2 Å². The van der Waals surface area contributed by atoms with E-state index in [0.717, 1.165) is 0 Å². The zero-order valence-corrected chi connectivity index (χ0v) is 15.2. The van der Waals surface area contributed by atoms with Crippen LogP contribution >= 0.6 is 11.6 Å². The number of hydrogen-bond acceptors (Lipinski definition) is 6. The van der Waals surface area contributed by atoms with Crippen LogP contribution in [0, 0.1) is 0 Å². The average molecular weight is 362 g/mol. The Labute approximate surface area is 146 Å². The van der Waals surface area contributed by atoms with Crippen LogP contribution < -0.4 is 14.8 Å². The number of benzene rings is 1. The molecule has 3 N–H and O–H groups in total. The zero-order chi connectivity index (χ0) is 18.5. The van der Waals surface area contributed by atoms with Gasteiger partial charge in [0.15, 0.2) is 11.5 Å². The first-order chi connectivity index (χ1) is 11.1. The molecule has 2 atom stereocenters. The van der Waals surface area contributed by atoms with Gasteiger partial charge in [0.05, 0.1) is 19.2 Å². The molecule has 0 aromatic heterocycles. The molecule has 1 rings (SSSR count). The van der Waals surface area contributed by atoms with E-state index in [1.807, 2.05) is 0 Å². The number of alkyl carbamates (subject to hydrolysis) is 1. The van der Waals surface area contributed by atoms with E-state index in [9.17, 15) is 15.0 Å². The SMILES string of the molecule is COc1ccc(C(O)C(O)CNC(=O)OC(C)(C)C)c(Cl)c1OC. The molecule has 0 saturated heterocycles. The minimum absolute atomic E-state index is 0.126. The van der Waals surface area contributed by atoms with Gasteiger partial charge in [-0.2, -0.15) is 0 Å². The number of methoxy groups -OCH3 is 2. The fraction of sp³-hybridized carbons (Fsp3) is 0.562. The Bertz CT molecular complexity index is 572. The summed E-state index contributed by atoms with van der Waals surface area (Å²) >= 11 is 6.19. The number of aliphatic hydroxyl groups is 2. The average Bonchev–Trinajstić information content (AvgIpc) is 2.49. The molecule has 0 saturated carbocycles. The third-order valence-corrected chi connectivity index (χ3v) is 3.44. The molecule has 0 aliphatic rings. The fourth-order valence-electron chi connectivity index (χ4n) is 1.95. The van der Waals surface area contributed by atoms with Gasteiger partial charge in [-0.3, -0.25) is 0 Å². The predicted octanol–water partition coefficient (Wildman–Crippen LogP) is 2.28. The number of halogens is 1. The maximum atomic E-state index is 11.6. The Morgan fingerprint density at radius 3 is 2.38 bits per heavy atom. The number of ether oxygens (including phenoxy) is 3. The van der Waals surface area contributed by atoms with Gasteiger partial charge in [-0.25, -0.2) is 4.79 Å². The van der Waals surface area contributed by atoms with Gasteiger partial charge in [-0.15, -0.1) is 0 Å². The summed E-state index contributed by atoms with van der Waals surface area (Å²) in [5.41, 5.74) is -0.395. The molecule has 1 aromatic carbocycles. The molecule has 1 aromatic rings. The van der Waals surface area contributed by atoms with Crippen molar-refractivity contribution >= 4 is 17.7 Å². The Kier molecular flexibility index (Phi) is 7.13. The van der Waals surface area contributed by atoms with E-state index < -0.39 is 23.9 Å². The Morgan fingerprint density at radius 1 is 1.25 bits per heavy atom. The van der Waals surface area contributed by atoms with Crippen LogP contribution in [0.15, 0.2) is 12.1 Å². The van der Waals surface area contributed by atoms with Crippen LogP contribution in [-0.4, -0.2) is 48.8 Å². The molecular weight excluding hydrogens is 338 g/mol. The van der Waals surface area contributed by atoms with Crippen molar-refractivity contribution in [1.29, 1.82) is 0 Å². The second-order valence-corrected chi connectivity index (χ2v) is 6.48. The first-order valence-corrected chi connectivity index (χ1v) is 7.71. The molecule has 0 spiro atoms. The van der Waals surface area contributed by atoms with Crippen molar-refractivity contribution in [2.45, 2.75) is 38.6 Å². The normalized spacial score (nSPS) is 13.8. The van der Waals surface area contributed by atoms with Gasteiger partial charge in [-0.1, -0.05) is 17.7 Å². The van der Waals surface area contributed by atoms with E-state index in [0.29, 0.717) is 5.75 Å². The maximum Gasteiger partial charge on any atom is 0.407 e. The molecule has 8 heteroatoms. The van der Waals surface area contributed by atoms with Gasteiger partial charge in [-0.05, 0) is 26.8 Å². The number of carbonyl (C=O) groups excluding carboxylic acids is 1. The molecule has 0 aliphatic heterocycles. The van der Waals surface area contributed by atoms with E-state index in [2.05, 4.69) is 5.32 Å². The monoisotopic (exact) mass is 361 g/mol. The number of rotatable bonds is 6. The summed E-state index contributed by atoms with van der Waals surface area (Å²) in [4.78, 5) is 11.6. The summed E-state index contributed by atoms with van der Waals surface area (Å²) < 4.78 is 15.3. The van der Waals surface area contributed by atoms with E-state index in [1.165, 1.54) is 20.3 Å². The second-order valence-electron chi connectivity index (χ2n) is 6.10. The lowest BCUT2D eigenvalue weighted by Gasteiger charge is -2.23. The summed E-state index contributed by atoms with van der Waals surface area (Å²) in [5, 5.41) is 22.9. The molecule has 2 unspecified atom stereocenters. The van der Waals surface area contributed by atoms with Gasteiger partial charge >= 0.3 is 6.09 Å². The number of carbonyl (C=O) groups is 1. The third-order valence-electron chi connectivity index (χ3n) is 3.05. The molecule has 0 aliphatic carbocycles. The van der Waals surface area contributed by atoms with Crippen LogP contribution in [0.25, 0.3) is 0 Å². The summed E-state index contributed by atoms with van der Waals surface area (Å²) in [5.74, 6) is 0.655. The second kappa shape index (κ2) is 8.41. The smallest absolute Gasteiger partial charge is 0.407 e. The summed E-state index contributed by atoms with van der Waals surface area (Å²) in [6.45, 7) is 4.96. The van der Waals surface area contributed by atoms with Crippen LogP contribution in [0.3, 0.4) is 0 Å². The first kappa shape index (κ1) is 20.3. The molecule has 24 heavy (non-hydrogen) atoms. The lowest BCUT2D eigenvalue weighted by Crippen LogP contribution is -2.38. The van der Waals surface area contributed by atoms with E-state index in [1.54, 1.807) is 26.8 Å². The van der Waals surface area contributed by atoms with Crippen molar-refractivity contribution in [3.8, 4) is 11.5 Å². The van der Waals surface area contributed by atoms with Crippen molar-refractivity contribution in [2.24, 2.45) is 0 Å². The number of amides is 1. The van der Waals surface area contributed by atoms with Crippen LogP contribution in [0.4, 0.5) is 4.79 Å². The van der Waals surface area contributed by atoms with E-state index in [4.69, 9.17) is 25.8 Å². The molecule has 0 bridgehead atoms. The van der Waals surface area contributed by atoms with E-state index in [-0.39, 0.29) is 22.9 Å². The Morgan fingerprint density at radius 2 is 1.88 bits per heavy atom. The number of hydrogen-bond donors (Lipinski definition) is 3. The molecule has 7 nitrogen and oxygen atoms in total. The highest BCUT2D eigenvalue weighted by Gasteiger charge is 2.25. The predicted molar refractivity (Wildman–Crippen MR) is 89.8 cm³/mol. The number of aliphatic hydroxyl groups excluding tert-OH is 2. The van der Waals surface area contributed by atoms with Crippen molar-refractivity contribution in [1.82, 2.24) is 5.32 Å². The molecule has 136 valence electrons. The van der Waals surface area contributed by atoms with Crippen LogP contribution in [-0.2, 0) is 4.74 Å². The largest absolute Gasteiger partial charge is 0.493 e. The van der Waals surface area contributed by atoms with E-state index >= 15 is 0 Å². The van der Waals surface area contributed by atoms with Gasteiger partial charge in [0.1, 0.15) is 17.8 Å². The lowest BCUT2D eigenvalue weighted by atomic mass is 10.0. The lowest BCUT2D eigenvalue weighted by molar-refractivity contribution is 0.0129. The van der Waals surface area contributed by atoms with Gasteiger partial charge in [0, 0.05) is 12.1 Å². The van der Waals surface area contributed by atoms with Gasteiger partial charge < -0.3 is 29.7 Å². The standard InChI is InChI=1S/C16H24ClNO6/c1-16(2,3)24-15(21)18-8-10(19)13(20)9-6-7-11(22-4)14(23-5)12(9)17/h6-7,10,13,19-20H,8H2,1-5H3,(H,18,21). The first-order valence-electron chi connectivity index (χ1n) is 7.34. The molecule has 0 radical (unpaired) electrons. The van der Waals surface area contributed by atoms with Crippen molar-refractivity contribution in [3.63, 3.8) is 0 Å². The Balaban J connectivity index is 2.79. The highest BCUT2D eigenvalue weighted by molar-refractivity contribution is 6.33. The quantitative estimate of drug-likeness (QED) is 0.719. The molecule has 0 heterocycles. The topological polar surface area (TPSA) is 97.2 Å². The van der Waals surface area contributed by atoms with Crippen molar-refractivity contribution in [3.05, 3.63) is 22.7 Å². The van der Waals surface area contributed by atoms with Crippen LogP contribution in [0.1, 0.15) is 32.4 Å². The third kappa shape index (κ3) is 5.43. The molecule has 1 amide bonds. The van der Waals surface area contributed by atoms with Gasteiger partial charge in [0.25, 0.3) is 0 Å². The maximum absolute atomic E-state index is 11.6. The highest BCUT2D eigenvalue weighted by Crippen LogP contribution is 2.40. The highest BCUT2D eigenvalue weighted by atomic mass is 35.5.